The summed E-state index contributed by atoms with van der Waals surface area (Å²) in [4.78, 5) is 8.25. The summed E-state index contributed by atoms with van der Waals surface area (Å²) in [7, 11) is 0. The zero-order valence-corrected chi connectivity index (χ0v) is 17.2. The van der Waals surface area contributed by atoms with Gasteiger partial charge in [-0.15, -0.1) is 0 Å². The number of halogens is 1. The third-order valence-electron chi connectivity index (χ3n) is 5.05. The second kappa shape index (κ2) is 8.33. The molecular weight excluding hydrogens is 399 g/mol. The smallest absolute Gasteiger partial charge is 0.229 e. The van der Waals surface area contributed by atoms with Gasteiger partial charge in [-0.3, -0.25) is 0 Å². The number of aromatic nitrogens is 2. The number of aliphatic hydroxyl groups excluding tert-OH is 2. The van der Waals surface area contributed by atoms with Crippen molar-refractivity contribution in [3.05, 3.63) is 71.9 Å². The molecule has 2 aromatic heterocycles. The van der Waals surface area contributed by atoms with E-state index in [0.717, 1.165) is 22.8 Å². The maximum atomic E-state index is 14.3. The van der Waals surface area contributed by atoms with Gasteiger partial charge in [0.1, 0.15) is 18.0 Å². The fourth-order valence-electron chi connectivity index (χ4n) is 3.13. The van der Waals surface area contributed by atoms with Gasteiger partial charge in [-0.1, -0.05) is 26.0 Å². The molecule has 0 aliphatic carbocycles. The monoisotopic (exact) mass is 422 g/mol. The standard InChI is InChI=1S/C23H23FN4O3/c1-23(2,13-30)15-3-5-16(6-4-15)27-22-25-11-19(24)21(28-22)26-17-7-8-20-14(9-17)10-18(12-29)31-20/h3-11,29-30H,12-13H2,1-2H3,(H2,25,26,27,28). The van der Waals surface area contributed by atoms with Crippen molar-refractivity contribution in [3.63, 3.8) is 0 Å². The molecule has 0 aliphatic rings. The van der Waals surface area contributed by atoms with Crippen LogP contribution >= 0.6 is 0 Å². The van der Waals surface area contributed by atoms with Crippen molar-refractivity contribution in [1.29, 1.82) is 0 Å². The summed E-state index contributed by atoms with van der Waals surface area (Å²) < 4.78 is 19.8. The summed E-state index contributed by atoms with van der Waals surface area (Å²) in [6.07, 6.45) is 1.10. The van der Waals surface area contributed by atoms with Crippen molar-refractivity contribution in [2.45, 2.75) is 25.9 Å². The largest absolute Gasteiger partial charge is 0.459 e. The molecule has 0 radical (unpaired) electrons. The average molecular weight is 422 g/mol. The minimum Gasteiger partial charge on any atom is -0.459 e. The number of nitrogens with zero attached hydrogens (tertiary/aromatic N) is 2. The van der Waals surface area contributed by atoms with Crippen molar-refractivity contribution in [3.8, 4) is 0 Å². The third-order valence-corrected chi connectivity index (χ3v) is 5.05. The van der Waals surface area contributed by atoms with E-state index in [2.05, 4.69) is 20.6 Å². The number of aliphatic hydroxyl groups is 2. The number of anilines is 4. The Morgan fingerprint density at radius 2 is 1.74 bits per heavy atom. The lowest BCUT2D eigenvalue weighted by molar-refractivity contribution is 0.218. The summed E-state index contributed by atoms with van der Waals surface area (Å²) in [5, 5.41) is 25.5. The molecule has 0 spiro atoms. The van der Waals surface area contributed by atoms with Crippen LogP contribution in [-0.2, 0) is 12.0 Å². The van der Waals surface area contributed by atoms with Gasteiger partial charge in [0.05, 0.1) is 12.8 Å². The van der Waals surface area contributed by atoms with Crippen LogP contribution in [0.3, 0.4) is 0 Å². The maximum absolute atomic E-state index is 14.3. The highest BCUT2D eigenvalue weighted by molar-refractivity contribution is 5.82. The molecule has 4 aromatic rings. The Balaban J connectivity index is 1.53. The van der Waals surface area contributed by atoms with E-state index in [1.54, 1.807) is 24.3 Å². The first-order chi connectivity index (χ1) is 14.9. The van der Waals surface area contributed by atoms with Gasteiger partial charge in [0.25, 0.3) is 0 Å². The van der Waals surface area contributed by atoms with Gasteiger partial charge >= 0.3 is 0 Å². The normalized spacial score (nSPS) is 11.6. The molecule has 0 unspecified atom stereocenters. The molecule has 2 aromatic carbocycles. The summed E-state index contributed by atoms with van der Waals surface area (Å²) >= 11 is 0. The van der Waals surface area contributed by atoms with E-state index in [1.807, 2.05) is 38.1 Å². The topological polar surface area (TPSA) is 103 Å². The van der Waals surface area contributed by atoms with Crippen LogP contribution in [-0.4, -0.2) is 26.8 Å². The molecule has 31 heavy (non-hydrogen) atoms. The zero-order chi connectivity index (χ0) is 22.0. The first kappa shape index (κ1) is 20.8. The van der Waals surface area contributed by atoms with Crippen LogP contribution < -0.4 is 10.6 Å². The van der Waals surface area contributed by atoms with Gasteiger partial charge < -0.3 is 25.3 Å². The number of rotatable bonds is 7. The van der Waals surface area contributed by atoms with Gasteiger partial charge in [-0.2, -0.15) is 4.98 Å². The second-order valence-electron chi connectivity index (χ2n) is 7.88. The highest BCUT2D eigenvalue weighted by atomic mass is 19.1. The van der Waals surface area contributed by atoms with E-state index in [9.17, 15) is 14.6 Å². The fraction of sp³-hybridized carbons (Fsp3) is 0.217. The van der Waals surface area contributed by atoms with E-state index in [1.165, 1.54) is 0 Å². The number of furan rings is 1. The number of hydrogen-bond donors (Lipinski definition) is 4. The number of hydrogen-bond acceptors (Lipinski definition) is 7. The van der Waals surface area contributed by atoms with Crippen molar-refractivity contribution >= 4 is 34.1 Å². The zero-order valence-electron chi connectivity index (χ0n) is 17.2. The van der Waals surface area contributed by atoms with E-state index in [-0.39, 0.29) is 30.4 Å². The Morgan fingerprint density at radius 1 is 1.00 bits per heavy atom. The molecule has 0 fully saturated rings. The maximum Gasteiger partial charge on any atom is 0.229 e. The molecule has 8 heteroatoms. The lowest BCUT2D eigenvalue weighted by Crippen LogP contribution is -2.21. The summed E-state index contributed by atoms with van der Waals surface area (Å²) in [6, 6.07) is 14.5. The first-order valence-corrected chi connectivity index (χ1v) is 9.79. The predicted molar refractivity (Wildman–Crippen MR) is 117 cm³/mol. The van der Waals surface area contributed by atoms with Crippen LogP contribution in [0.2, 0.25) is 0 Å². The van der Waals surface area contributed by atoms with Crippen molar-refractivity contribution in [1.82, 2.24) is 9.97 Å². The molecule has 0 saturated carbocycles. The van der Waals surface area contributed by atoms with Crippen molar-refractivity contribution in [2.24, 2.45) is 0 Å². The SMILES string of the molecule is CC(C)(CO)c1ccc(Nc2ncc(F)c(Nc3ccc4oc(CO)cc4c3)n2)cc1. The quantitative estimate of drug-likeness (QED) is 0.345. The van der Waals surface area contributed by atoms with E-state index < -0.39 is 5.82 Å². The van der Waals surface area contributed by atoms with Gasteiger partial charge in [-0.05, 0) is 42.0 Å². The van der Waals surface area contributed by atoms with Gasteiger partial charge in [-0.25, -0.2) is 9.37 Å². The van der Waals surface area contributed by atoms with E-state index in [0.29, 0.717) is 17.0 Å². The summed E-state index contributed by atoms with van der Waals surface area (Å²) in [5.41, 5.74) is 2.66. The highest BCUT2D eigenvalue weighted by Crippen LogP contribution is 2.27. The molecule has 4 N–H and O–H groups in total. The van der Waals surface area contributed by atoms with Crippen LogP contribution in [0.15, 0.2) is 59.1 Å². The molecule has 0 atom stereocenters. The van der Waals surface area contributed by atoms with Crippen LogP contribution in [0.25, 0.3) is 11.0 Å². The Labute approximate surface area is 178 Å². The minimum absolute atomic E-state index is 0.0285. The van der Waals surface area contributed by atoms with Gasteiger partial charge in [0.15, 0.2) is 11.6 Å². The van der Waals surface area contributed by atoms with Crippen LogP contribution in [0.4, 0.5) is 27.5 Å². The number of nitrogens with one attached hydrogen (secondary N) is 2. The van der Waals surface area contributed by atoms with E-state index in [4.69, 9.17) is 4.42 Å². The summed E-state index contributed by atoms with van der Waals surface area (Å²) in [6.45, 7) is 3.78. The molecule has 2 heterocycles. The number of fused-ring (bicyclic) bond motifs is 1. The molecule has 0 saturated heterocycles. The molecule has 160 valence electrons. The Bertz CT molecular complexity index is 1210. The predicted octanol–water partition coefficient (Wildman–Crippen LogP) is 4.61. The van der Waals surface area contributed by atoms with Crippen LogP contribution in [0.5, 0.6) is 0 Å². The average Bonchev–Trinajstić information content (AvgIpc) is 3.19. The Kier molecular flexibility index (Phi) is 5.58. The van der Waals surface area contributed by atoms with Gasteiger partial charge in [0, 0.05) is 22.2 Å². The third kappa shape index (κ3) is 4.50. The van der Waals surface area contributed by atoms with E-state index >= 15 is 0 Å². The van der Waals surface area contributed by atoms with Crippen LogP contribution in [0.1, 0.15) is 25.2 Å². The molecular formula is C23H23FN4O3. The minimum atomic E-state index is -0.589. The lowest BCUT2D eigenvalue weighted by Gasteiger charge is -2.22. The Hall–Kier alpha value is -3.49. The molecule has 7 nitrogen and oxygen atoms in total. The summed E-state index contributed by atoms with van der Waals surface area (Å²) in [5.74, 6) is 0.139. The molecule has 0 amide bonds. The molecule has 4 rings (SSSR count). The second-order valence-corrected chi connectivity index (χ2v) is 7.88. The molecule has 0 bridgehead atoms. The lowest BCUT2D eigenvalue weighted by atomic mass is 9.86. The number of benzene rings is 2. The highest BCUT2D eigenvalue weighted by Gasteiger charge is 2.19. The fourth-order valence-corrected chi connectivity index (χ4v) is 3.13. The molecule has 0 aliphatic heterocycles. The Morgan fingerprint density at radius 3 is 2.45 bits per heavy atom. The van der Waals surface area contributed by atoms with Crippen molar-refractivity contribution < 1.29 is 19.0 Å². The first-order valence-electron chi connectivity index (χ1n) is 9.79. The van der Waals surface area contributed by atoms with Crippen LogP contribution in [0, 0.1) is 5.82 Å². The van der Waals surface area contributed by atoms with Gasteiger partial charge in [0.2, 0.25) is 5.95 Å². The van der Waals surface area contributed by atoms with Crippen molar-refractivity contribution in [2.75, 3.05) is 17.2 Å².